The molecule has 0 bridgehead atoms. The minimum absolute atomic E-state index is 0.320. The lowest BCUT2D eigenvalue weighted by Crippen LogP contribution is -2.17. The van der Waals surface area contributed by atoms with Gasteiger partial charge in [-0.25, -0.2) is 13.2 Å². The van der Waals surface area contributed by atoms with Gasteiger partial charge >= 0.3 is 5.97 Å². The Morgan fingerprint density at radius 2 is 1.50 bits per heavy atom. The van der Waals surface area contributed by atoms with Crippen LogP contribution in [0.2, 0.25) is 0 Å². The van der Waals surface area contributed by atoms with Crippen LogP contribution in [0.25, 0.3) is 0 Å². The molecule has 3 aromatic rings. The van der Waals surface area contributed by atoms with Crippen molar-refractivity contribution in [1.29, 1.82) is 0 Å². The number of carbonyl (C=O) groups is 2. The topological polar surface area (TPSA) is 121 Å². The van der Waals surface area contributed by atoms with Crippen molar-refractivity contribution in [2.45, 2.75) is 23.1 Å². The summed E-state index contributed by atoms with van der Waals surface area (Å²) in [6, 6.07) is 16.9. The first-order valence-electron chi connectivity index (χ1n) is 9.62. The van der Waals surface area contributed by atoms with Crippen molar-refractivity contribution in [3.05, 3.63) is 99.6 Å². The minimum atomic E-state index is -4.42. The minimum Gasteiger partial charge on any atom is -0.454 e. The smallest absolute Gasteiger partial charge is 0.339 e. The van der Waals surface area contributed by atoms with E-state index in [0.29, 0.717) is 5.56 Å². The second kappa shape index (κ2) is 9.52. The first kappa shape index (κ1) is 22.8. The van der Waals surface area contributed by atoms with Crippen molar-refractivity contribution in [3.63, 3.8) is 0 Å². The molecule has 0 aromatic heterocycles. The number of nitro benzene ring substituents is 1. The molecule has 0 radical (unpaired) electrons. The van der Waals surface area contributed by atoms with Gasteiger partial charge < -0.3 is 4.74 Å². The predicted octanol–water partition coefficient (Wildman–Crippen LogP) is 4.03. The SMILES string of the molecule is CCc1ccc(C(=O)COC(=O)c2ccccc2S(=O)(=O)c2ccccc2[N+](=O)[O-])cc1. The predicted molar refractivity (Wildman–Crippen MR) is 115 cm³/mol. The standard InChI is InChI=1S/C23H19NO7S/c1-2-16-11-13-17(14-12-16)20(25)15-31-23(26)18-7-3-5-9-21(18)32(29,30)22-10-6-4-8-19(22)24(27)28/h3-14H,2,15H2,1H3. The van der Waals surface area contributed by atoms with E-state index in [1.807, 2.05) is 6.92 Å². The van der Waals surface area contributed by atoms with E-state index in [9.17, 15) is 28.1 Å². The number of benzene rings is 3. The van der Waals surface area contributed by atoms with E-state index in [1.165, 1.54) is 30.3 Å². The Labute approximate surface area is 184 Å². The van der Waals surface area contributed by atoms with Gasteiger partial charge in [-0.15, -0.1) is 0 Å². The van der Waals surface area contributed by atoms with E-state index >= 15 is 0 Å². The highest BCUT2D eigenvalue weighted by molar-refractivity contribution is 7.91. The summed E-state index contributed by atoms with van der Waals surface area (Å²) in [6.07, 6.45) is 0.814. The fourth-order valence-electron chi connectivity index (χ4n) is 3.04. The second-order valence-corrected chi connectivity index (χ2v) is 8.66. The van der Waals surface area contributed by atoms with Crippen molar-refractivity contribution >= 4 is 27.3 Å². The van der Waals surface area contributed by atoms with Crippen LogP contribution < -0.4 is 0 Å². The van der Waals surface area contributed by atoms with Crippen LogP contribution in [-0.2, 0) is 21.0 Å². The highest BCUT2D eigenvalue weighted by atomic mass is 32.2. The lowest BCUT2D eigenvalue weighted by Gasteiger charge is -2.11. The van der Waals surface area contributed by atoms with Gasteiger partial charge in [-0.3, -0.25) is 14.9 Å². The highest BCUT2D eigenvalue weighted by Gasteiger charge is 2.31. The van der Waals surface area contributed by atoms with E-state index in [1.54, 1.807) is 24.3 Å². The van der Waals surface area contributed by atoms with Crippen molar-refractivity contribution in [3.8, 4) is 0 Å². The summed E-state index contributed by atoms with van der Waals surface area (Å²) < 4.78 is 31.3. The van der Waals surface area contributed by atoms with Crippen LogP contribution in [0.1, 0.15) is 33.2 Å². The number of nitrogens with zero attached hydrogens (tertiary/aromatic N) is 1. The van der Waals surface area contributed by atoms with E-state index in [2.05, 4.69) is 0 Å². The van der Waals surface area contributed by atoms with Crippen LogP contribution in [0.3, 0.4) is 0 Å². The Balaban J connectivity index is 1.87. The molecule has 8 nitrogen and oxygen atoms in total. The Bertz CT molecular complexity index is 1280. The number of rotatable bonds is 8. The summed E-state index contributed by atoms with van der Waals surface area (Å²) in [5, 5.41) is 11.3. The average Bonchev–Trinajstić information content (AvgIpc) is 2.82. The summed E-state index contributed by atoms with van der Waals surface area (Å²) in [4.78, 5) is 34.4. The van der Waals surface area contributed by atoms with E-state index in [4.69, 9.17) is 4.74 Å². The maximum atomic E-state index is 13.1. The van der Waals surface area contributed by atoms with Gasteiger partial charge in [-0.05, 0) is 30.2 Å². The fourth-order valence-corrected chi connectivity index (χ4v) is 4.65. The summed E-state index contributed by atoms with van der Waals surface area (Å²) in [5.74, 6) is -1.47. The molecule has 0 spiro atoms. The number of nitro groups is 1. The Kier molecular flexibility index (Phi) is 6.79. The van der Waals surface area contributed by atoms with Gasteiger partial charge in [0, 0.05) is 11.6 Å². The summed E-state index contributed by atoms with van der Waals surface area (Å²) in [6.45, 7) is 1.40. The third-order valence-corrected chi connectivity index (χ3v) is 6.63. The molecule has 0 aliphatic heterocycles. The van der Waals surface area contributed by atoms with Gasteiger partial charge in [-0.2, -0.15) is 0 Å². The van der Waals surface area contributed by atoms with Crippen molar-refractivity contribution in [1.82, 2.24) is 0 Å². The third kappa shape index (κ3) is 4.73. The third-order valence-electron chi connectivity index (χ3n) is 4.77. The molecule has 3 rings (SSSR count). The molecule has 0 amide bonds. The summed E-state index contributed by atoms with van der Waals surface area (Å²) in [5.41, 5.74) is 0.477. The zero-order valence-electron chi connectivity index (χ0n) is 17.1. The van der Waals surface area contributed by atoms with Gasteiger partial charge in [0.25, 0.3) is 5.69 Å². The molecular weight excluding hydrogens is 434 g/mol. The molecular formula is C23H19NO7S. The lowest BCUT2D eigenvalue weighted by molar-refractivity contribution is -0.387. The number of ether oxygens (including phenoxy) is 1. The van der Waals surface area contributed by atoms with Gasteiger partial charge in [0.1, 0.15) is 4.90 Å². The quantitative estimate of drug-likeness (QED) is 0.218. The van der Waals surface area contributed by atoms with Gasteiger partial charge in [0.15, 0.2) is 12.4 Å². The highest BCUT2D eigenvalue weighted by Crippen LogP contribution is 2.31. The summed E-state index contributed by atoms with van der Waals surface area (Å²) in [7, 11) is -4.42. The van der Waals surface area contributed by atoms with Crippen LogP contribution in [0.4, 0.5) is 5.69 Å². The normalized spacial score (nSPS) is 11.0. The number of ketones is 1. The maximum Gasteiger partial charge on any atom is 0.339 e. The zero-order valence-corrected chi connectivity index (χ0v) is 17.9. The molecule has 0 aliphatic rings. The number of aryl methyl sites for hydroxylation is 1. The van der Waals surface area contributed by atoms with Crippen LogP contribution in [-0.4, -0.2) is 31.7 Å². The molecule has 0 fully saturated rings. The second-order valence-electron chi connectivity index (χ2n) is 6.77. The Hall–Kier alpha value is -3.85. The lowest BCUT2D eigenvalue weighted by atomic mass is 10.1. The number of hydrogen-bond acceptors (Lipinski definition) is 7. The number of para-hydroxylation sites is 1. The largest absolute Gasteiger partial charge is 0.454 e. The Morgan fingerprint density at radius 3 is 2.12 bits per heavy atom. The summed E-state index contributed by atoms with van der Waals surface area (Å²) >= 11 is 0. The van der Waals surface area contributed by atoms with E-state index < -0.39 is 48.6 Å². The van der Waals surface area contributed by atoms with Crippen molar-refractivity contribution in [2.24, 2.45) is 0 Å². The van der Waals surface area contributed by atoms with Crippen molar-refractivity contribution < 1.29 is 27.7 Å². The van der Waals surface area contributed by atoms with Crippen LogP contribution in [0, 0.1) is 10.1 Å². The Morgan fingerprint density at radius 1 is 0.906 bits per heavy atom. The monoisotopic (exact) mass is 453 g/mol. The maximum absolute atomic E-state index is 13.1. The molecule has 9 heteroatoms. The number of esters is 1. The average molecular weight is 453 g/mol. The molecule has 0 saturated heterocycles. The van der Waals surface area contributed by atoms with Gasteiger partial charge in [0.05, 0.1) is 15.4 Å². The number of hydrogen-bond donors (Lipinski definition) is 0. The molecule has 0 heterocycles. The molecule has 0 N–H and O–H groups in total. The first-order chi connectivity index (χ1) is 15.3. The van der Waals surface area contributed by atoms with E-state index in [0.717, 1.165) is 30.2 Å². The number of carbonyl (C=O) groups excluding carboxylic acids is 2. The molecule has 0 aliphatic carbocycles. The van der Waals surface area contributed by atoms with Gasteiger partial charge in [0.2, 0.25) is 9.84 Å². The van der Waals surface area contributed by atoms with Crippen LogP contribution in [0.5, 0.6) is 0 Å². The molecule has 164 valence electrons. The molecule has 32 heavy (non-hydrogen) atoms. The molecule has 0 atom stereocenters. The van der Waals surface area contributed by atoms with Crippen LogP contribution >= 0.6 is 0 Å². The van der Waals surface area contributed by atoms with E-state index in [-0.39, 0.29) is 5.56 Å². The fraction of sp³-hybridized carbons (Fsp3) is 0.130. The zero-order chi connectivity index (χ0) is 23.3. The molecule has 0 saturated carbocycles. The van der Waals surface area contributed by atoms with Crippen molar-refractivity contribution in [2.75, 3.05) is 6.61 Å². The number of sulfone groups is 1. The first-order valence-corrected chi connectivity index (χ1v) is 11.1. The molecule has 0 unspecified atom stereocenters. The van der Waals surface area contributed by atoms with Gasteiger partial charge in [-0.1, -0.05) is 55.5 Å². The molecule has 3 aromatic carbocycles. The van der Waals surface area contributed by atoms with Crippen LogP contribution in [0.15, 0.2) is 82.6 Å². The number of Topliss-reactive ketones (excluding diaryl/α,β-unsaturated/α-hetero) is 1.